The molecule has 0 aliphatic rings. The summed E-state index contributed by atoms with van der Waals surface area (Å²) in [5.41, 5.74) is 2.69. The molecule has 108 valence electrons. The molecule has 0 aromatic heterocycles. The van der Waals surface area contributed by atoms with Crippen molar-refractivity contribution in [3.8, 4) is 0 Å². The summed E-state index contributed by atoms with van der Waals surface area (Å²) in [6.07, 6.45) is 2.45. The van der Waals surface area contributed by atoms with Gasteiger partial charge in [-0.05, 0) is 37.1 Å². The average Bonchev–Trinajstić information content (AvgIpc) is 2.36. The first-order valence-electron chi connectivity index (χ1n) is 7.20. The van der Waals surface area contributed by atoms with Crippen molar-refractivity contribution in [2.45, 2.75) is 59.2 Å². The van der Waals surface area contributed by atoms with Crippen LogP contribution >= 0.6 is 15.9 Å². The molecule has 0 aliphatic carbocycles. The van der Waals surface area contributed by atoms with Crippen molar-refractivity contribution in [2.75, 3.05) is 11.9 Å². The fourth-order valence-corrected chi connectivity index (χ4v) is 2.61. The Morgan fingerprint density at radius 1 is 1.26 bits per heavy atom. The van der Waals surface area contributed by atoms with Gasteiger partial charge in [-0.1, -0.05) is 43.1 Å². The SMILES string of the molecule is CCCC(C)N(C)c1ccc(Br)cc1CNC(C)C. The number of hydrogen-bond acceptors (Lipinski definition) is 2. The van der Waals surface area contributed by atoms with Crippen molar-refractivity contribution < 1.29 is 0 Å². The van der Waals surface area contributed by atoms with Gasteiger partial charge in [0.15, 0.2) is 0 Å². The highest BCUT2D eigenvalue weighted by atomic mass is 79.9. The first-order chi connectivity index (χ1) is 8.95. The second-order valence-corrected chi connectivity index (χ2v) is 6.47. The molecule has 0 bridgehead atoms. The predicted molar refractivity (Wildman–Crippen MR) is 88.9 cm³/mol. The van der Waals surface area contributed by atoms with Crippen molar-refractivity contribution in [1.29, 1.82) is 0 Å². The summed E-state index contributed by atoms with van der Waals surface area (Å²) in [5, 5.41) is 3.51. The summed E-state index contributed by atoms with van der Waals surface area (Å²) in [5.74, 6) is 0. The Morgan fingerprint density at radius 2 is 1.95 bits per heavy atom. The largest absolute Gasteiger partial charge is 0.372 e. The van der Waals surface area contributed by atoms with Crippen LogP contribution in [0.2, 0.25) is 0 Å². The lowest BCUT2D eigenvalue weighted by atomic mass is 10.1. The summed E-state index contributed by atoms with van der Waals surface area (Å²) in [6, 6.07) is 7.64. The van der Waals surface area contributed by atoms with Crippen molar-refractivity contribution in [1.82, 2.24) is 5.32 Å². The third-order valence-electron chi connectivity index (χ3n) is 3.49. The molecular formula is C16H27BrN2. The molecular weight excluding hydrogens is 300 g/mol. The van der Waals surface area contributed by atoms with Crippen molar-refractivity contribution >= 4 is 21.6 Å². The molecule has 0 saturated carbocycles. The van der Waals surface area contributed by atoms with Gasteiger partial charge in [-0.2, -0.15) is 0 Å². The Labute approximate surface area is 126 Å². The minimum absolute atomic E-state index is 0.505. The quantitative estimate of drug-likeness (QED) is 0.789. The molecule has 1 rings (SSSR count). The molecule has 1 N–H and O–H groups in total. The van der Waals surface area contributed by atoms with Crippen LogP contribution in [0.5, 0.6) is 0 Å². The van der Waals surface area contributed by atoms with Crippen molar-refractivity contribution in [3.63, 3.8) is 0 Å². The van der Waals surface area contributed by atoms with Gasteiger partial charge in [-0.25, -0.2) is 0 Å². The molecule has 0 radical (unpaired) electrons. The number of anilines is 1. The van der Waals surface area contributed by atoms with Gasteiger partial charge in [-0.15, -0.1) is 0 Å². The zero-order valence-corrected chi connectivity index (χ0v) is 14.4. The molecule has 3 heteroatoms. The van der Waals surface area contributed by atoms with E-state index in [1.807, 2.05) is 0 Å². The third kappa shape index (κ3) is 5.15. The van der Waals surface area contributed by atoms with E-state index in [9.17, 15) is 0 Å². The van der Waals surface area contributed by atoms with Crippen LogP contribution < -0.4 is 10.2 Å². The van der Waals surface area contributed by atoms with Crippen LogP contribution in [-0.4, -0.2) is 19.1 Å². The highest BCUT2D eigenvalue weighted by molar-refractivity contribution is 9.10. The van der Waals surface area contributed by atoms with E-state index >= 15 is 0 Å². The van der Waals surface area contributed by atoms with Crippen LogP contribution in [-0.2, 0) is 6.54 Å². The highest BCUT2D eigenvalue weighted by Gasteiger charge is 2.13. The van der Waals surface area contributed by atoms with Crippen LogP contribution in [0.1, 0.15) is 46.1 Å². The van der Waals surface area contributed by atoms with Gasteiger partial charge in [-0.3, -0.25) is 0 Å². The van der Waals surface area contributed by atoms with E-state index in [-0.39, 0.29) is 0 Å². The Morgan fingerprint density at radius 3 is 2.53 bits per heavy atom. The van der Waals surface area contributed by atoms with E-state index in [0.717, 1.165) is 11.0 Å². The van der Waals surface area contributed by atoms with Gasteiger partial charge in [0.1, 0.15) is 0 Å². The monoisotopic (exact) mass is 326 g/mol. The van der Waals surface area contributed by atoms with Crippen LogP contribution in [0.4, 0.5) is 5.69 Å². The van der Waals surface area contributed by atoms with Crippen LogP contribution in [0.25, 0.3) is 0 Å². The lowest BCUT2D eigenvalue weighted by Crippen LogP contribution is -2.30. The minimum Gasteiger partial charge on any atom is -0.372 e. The molecule has 19 heavy (non-hydrogen) atoms. The average molecular weight is 327 g/mol. The van der Waals surface area contributed by atoms with Gasteiger partial charge >= 0.3 is 0 Å². The highest BCUT2D eigenvalue weighted by Crippen LogP contribution is 2.26. The van der Waals surface area contributed by atoms with Gasteiger partial charge < -0.3 is 10.2 Å². The molecule has 0 heterocycles. The molecule has 0 fully saturated rings. The number of nitrogens with one attached hydrogen (secondary N) is 1. The summed E-state index contributed by atoms with van der Waals surface area (Å²) >= 11 is 3.57. The van der Waals surface area contributed by atoms with Gasteiger partial charge in [0, 0.05) is 35.8 Å². The first-order valence-corrected chi connectivity index (χ1v) is 7.99. The van der Waals surface area contributed by atoms with E-state index in [1.54, 1.807) is 0 Å². The fourth-order valence-electron chi connectivity index (χ4n) is 2.20. The van der Waals surface area contributed by atoms with E-state index in [0.29, 0.717) is 12.1 Å². The predicted octanol–water partition coefficient (Wildman–Crippen LogP) is 4.57. The molecule has 1 aromatic carbocycles. The van der Waals surface area contributed by atoms with Gasteiger partial charge in [0.25, 0.3) is 0 Å². The third-order valence-corrected chi connectivity index (χ3v) is 3.98. The van der Waals surface area contributed by atoms with Gasteiger partial charge in [0.05, 0.1) is 0 Å². The molecule has 0 amide bonds. The van der Waals surface area contributed by atoms with Crippen LogP contribution in [0, 0.1) is 0 Å². The number of hydrogen-bond donors (Lipinski definition) is 1. The smallest absolute Gasteiger partial charge is 0.0412 e. The zero-order valence-electron chi connectivity index (χ0n) is 12.8. The lowest BCUT2D eigenvalue weighted by molar-refractivity contribution is 0.581. The number of nitrogens with zero attached hydrogens (tertiary/aromatic N) is 1. The minimum atomic E-state index is 0.505. The standard InChI is InChI=1S/C16H27BrN2/c1-6-7-13(4)19(5)16-9-8-15(17)10-14(16)11-18-12(2)3/h8-10,12-13,18H,6-7,11H2,1-5H3. The van der Waals surface area contributed by atoms with Gasteiger partial charge in [0.2, 0.25) is 0 Å². The molecule has 0 aliphatic heterocycles. The summed E-state index contributed by atoms with van der Waals surface area (Å²) in [6.45, 7) is 9.82. The van der Waals surface area contributed by atoms with E-state index < -0.39 is 0 Å². The Balaban J connectivity index is 2.91. The first kappa shape index (κ1) is 16.5. The lowest BCUT2D eigenvalue weighted by Gasteiger charge is -2.29. The molecule has 2 nitrogen and oxygen atoms in total. The maximum Gasteiger partial charge on any atom is 0.0412 e. The molecule has 1 aromatic rings. The second kappa shape index (κ2) is 7.91. The summed E-state index contributed by atoms with van der Waals surface area (Å²) in [7, 11) is 2.20. The number of halogens is 1. The second-order valence-electron chi connectivity index (χ2n) is 5.56. The Hall–Kier alpha value is -0.540. The maximum absolute atomic E-state index is 3.57. The molecule has 0 saturated heterocycles. The van der Waals surface area contributed by atoms with E-state index in [4.69, 9.17) is 0 Å². The molecule has 1 unspecified atom stereocenters. The Bertz CT molecular complexity index is 390. The maximum atomic E-state index is 3.57. The summed E-state index contributed by atoms with van der Waals surface area (Å²) < 4.78 is 1.15. The van der Waals surface area contributed by atoms with Crippen molar-refractivity contribution in [3.05, 3.63) is 28.2 Å². The van der Waals surface area contributed by atoms with Crippen LogP contribution in [0.3, 0.4) is 0 Å². The number of rotatable bonds is 7. The van der Waals surface area contributed by atoms with E-state index in [1.165, 1.54) is 24.1 Å². The number of benzene rings is 1. The normalized spacial score (nSPS) is 12.8. The zero-order chi connectivity index (χ0) is 14.4. The van der Waals surface area contributed by atoms with Crippen molar-refractivity contribution in [2.24, 2.45) is 0 Å². The summed E-state index contributed by atoms with van der Waals surface area (Å²) in [4.78, 5) is 2.40. The van der Waals surface area contributed by atoms with Crippen LogP contribution in [0.15, 0.2) is 22.7 Å². The Kier molecular flexibility index (Phi) is 6.87. The molecule has 1 atom stereocenters. The fraction of sp³-hybridized carbons (Fsp3) is 0.625. The topological polar surface area (TPSA) is 15.3 Å². The van der Waals surface area contributed by atoms with E-state index in [2.05, 4.69) is 79.1 Å². The molecule has 0 spiro atoms.